The van der Waals surface area contributed by atoms with Crippen LogP contribution in [0.3, 0.4) is 0 Å². The fourth-order valence-corrected chi connectivity index (χ4v) is 14.5. The van der Waals surface area contributed by atoms with E-state index in [4.69, 9.17) is 43.6 Å². The van der Waals surface area contributed by atoms with Gasteiger partial charge in [-0.25, -0.2) is 14.4 Å². The van der Waals surface area contributed by atoms with Gasteiger partial charge in [-0.1, -0.05) is 97.1 Å². The second-order valence-electron chi connectivity index (χ2n) is 30.1. The van der Waals surface area contributed by atoms with Gasteiger partial charge in [-0.05, 0) is 143 Å². The first-order valence-corrected chi connectivity index (χ1v) is 38.4. The number of fused-ring (bicyclic) bond motifs is 3. The van der Waals surface area contributed by atoms with Gasteiger partial charge in [0, 0.05) is 95.8 Å². The normalized spacial score (nSPS) is 28.1. The lowest BCUT2D eigenvalue weighted by Crippen LogP contribution is -2.61. The molecule has 1 saturated carbocycles. The van der Waals surface area contributed by atoms with Crippen molar-refractivity contribution in [3.8, 4) is 0 Å². The molecule has 9 amide bonds. The lowest BCUT2D eigenvalue weighted by Gasteiger charge is -2.42. The maximum absolute atomic E-state index is 14.8. The number of ether oxygens (including phenoxy) is 8. The number of hydrogen-bond donors (Lipinski definition) is 8. The van der Waals surface area contributed by atoms with E-state index in [1.54, 1.807) is 86.1 Å². The number of aliphatic hydroxyl groups is 2. The number of aliphatic hydroxyl groups excluding tert-OH is 1. The van der Waals surface area contributed by atoms with Crippen LogP contribution in [-0.4, -0.2) is 218 Å². The molecule has 0 unspecified atom stereocenters. The molecule has 3 fully saturated rings. The molecule has 9 N–H and O–H groups in total. The SMILES string of the molecule is CO[C@H]1C[C@@H]2CC[C@@H](C)[C@@](O)(O2)C(=O)C(=O)N2CCCC[C@H]2C(=O)O[C@H]([C@@H](C)C[C@H]2CC[C@@H](OCCOCNC(=O)OCc3ccc(NC(=O)[C@@H](CCCNC(N)=O)NC(=O)[C@H](NC(=O)CCN4C(=O)C=CC4=O)C(C)C)cc3)[C@H](OC)C2)CC(=O)[C@H](C)C=C(C)[C@@H](O)[C@@H](OC)C(=O)[C@H](C)C[C@H](C)C=CC=CC=C1C. The van der Waals surface area contributed by atoms with Crippen LogP contribution in [-0.2, 0) is 92.4 Å². The molecular weight excluding hydrogens is 1420 g/mol. The number of nitrogens with two attached hydrogens (primary N) is 1. The summed E-state index contributed by atoms with van der Waals surface area (Å²) in [5, 5.41) is 36.8. The summed E-state index contributed by atoms with van der Waals surface area (Å²) in [7, 11) is 4.50. The number of hydrogen-bond acceptors (Lipinski definition) is 22. The van der Waals surface area contributed by atoms with Gasteiger partial charge >= 0.3 is 18.1 Å². The summed E-state index contributed by atoms with van der Waals surface area (Å²) >= 11 is 0. The van der Waals surface area contributed by atoms with Crippen molar-refractivity contribution >= 4 is 76.6 Å². The number of nitrogens with one attached hydrogen (secondary N) is 5. The molecule has 4 heterocycles. The summed E-state index contributed by atoms with van der Waals surface area (Å²) in [6.07, 6.45) is 11.9. The van der Waals surface area contributed by atoms with Crippen LogP contribution in [0.5, 0.6) is 0 Å². The second kappa shape index (κ2) is 44.6. The van der Waals surface area contributed by atoms with Crippen LogP contribution in [0.25, 0.3) is 0 Å². The zero-order chi connectivity index (χ0) is 80.9. The molecule has 1 aromatic carbocycles. The van der Waals surface area contributed by atoms with E-state index in [2.05, 4.69) is 26.6 Å². The molecular formula is C80H118N8O22. The summed E-state index contributed by atoms with van der Waals surface area (Å²) in [5.41, 5.74) is 7.31. The number of amides is 9. The molecule has 0 radical (unpaired) electrons. The maximum Gasteiger partial charge on any atom is 0.409 e. The van der Waals surface area contributed by atoms with Crippen molar-refractivity contribution in [1.29, 1.82) is 0 Å². The summed E-state index contributed by atoms with van der Waals surface area (Å²) in [5.74, 6) is -12.1. The largest absolute Gasteiger partial charge is 0.460 e. The Morgan fingerprint density at radius 2 is 1.50 bits per heavy atom. The number of alkyl carbamates (subject to hydrolysis) is 1. The summed E-state index contributed by atoms with van der Waals surface area (Å²) in [6.45, 7) is 15.7. The van der Waals surface area contributed by atoms with Crippen molar-refractivity contribution in [3.05, 3.63) is 89.6 Å². The van der Waals surface area contributed by atoms with Crippen LogP contribution in [0.2, 0.25) is 0 Å². The number of carbonyl (C=O) groups is 12. The molecule has 4 aliphatic heterocycles. The van der Waals surface area contributed by atoms with Crippen LogP contribution in [0.4, 0.5) is 15.3 Å². The Balaban J connectivity index is 1.03. The van der Waals surface area contributed by atoms with E-state index in [1.807, 2.05) is 51.2 Å². The molecule has 17 atom stereocenters. The average molecular weight is 1540 g/mol. The van der Waals surface area contributed by atoms with Gasteiger partial charge < -0.3 is 80.0 Å². The van der Waals surface area contributed by atoms with Gasteiger partial charge in [0.1, 0.15) is 55.6 Å². The zero-order valence-corrected chi connectivity index (χ0v) is 65.8. The number of allylic oxidation sites excluding steroid dienone is 6. The maximum atomic E-state index is 14.8. The van der Waals surface area contributed by atoms with Gasteiger partial charge in [0.05, 0.1) is 37.6 Å². The van der Waals surface area contributed by atoms with E-state index in [9.17, 15) is 67.7 Å². The van der Waals surface area contributed by atoms with Crippen LogP contribution in [0.1, 0.15) is 164 Å². The number of imide groups is 1. The fraction of sp³-hybridized carbons (Fsp3) is 0.650. The number of rotatable bonds is 27. The fourth-order valence-electron chi connectivity index (χ4n) is 14.5. The number of cyclic esters (lactones) is 1. The number of primary amides is 1. The number of ketones is 3. The van der Waals surface area contributed by atoms with Gasteiger partial charge in [-0.15, -0.1) is 0 Å². The Labute approximate surface area is 645 Å². The minimum atomic E-state index is -2.49. The van der Waals surface area contributed by atoms with E-state index in [1.165, 1.54) is 12.0 Å². The smallest absolute Gasteiger partial charge is 0.409 e. The number of methoxy groups -OCH3 is 3. The molecule has 1 aromatic rings. The highest BCUT2D eigenvalue weighted by atomic mass is 16.6. The van der Waals surface area contributed by atoms with Gasteiger partial charge in [-0.3, -0.25) is 53.4 Å². The number of anilines is 1. The first kappa shape index (κ1) is 90.5. The lowest BCUT2D eigenvalue weighted by molar-refractivity contribution is -0.265. The third-order valence-corrected chi connectivity index (χ3v) is 21.3. The quantitative estimate of drug-likeness (QED) is 0.0117. The molecule has 30 heteroatoms. The van der Waals surface area contributed by atoms with E-state index in [-0.39, 0.29) is 120 Å². The van der Waals surface area contributed by atoms with Crippen LogP contribution < -0.4 is 32.3 Å². The van der Waals surface area contributed by atoms with Crippen molar-refractivity contribution < 1.29 is 106 Å². The minimum absolute atomic E-state index is 0.00986. The Morgan fingerprint density at radius 1 is 0.782 bits per heavy atom. The molecule has 610 valence electrons. The molecule has 110 heavy (non-hydrogen) atoms. The third-order valence-electron chi connectivity index (χ3n) is 21.3. The van der Waals surface area contributed by atoms with Crippen molar-refractivity contribution in [2.75, 3.05) is 66.2 Å². The van der Waals surface area contributed by atoms with Crippen molar-refractivity contribution in [2.24, 2.45) is 47.2 Å². The Morgan fingerprint density at radius 3 is 2.17 bits per heavy atom. The number of benzene rings is 1. The van der Waals surface area contributed by atoms with Crippen molar-refractivity contribution in [2.45, 2.75) is 232 Å². The van der Waals surface area contributed by atoms with E-state index in [0.29, 0.717) is 74.6 Å². The molecule has 2 saturated heterocycles. The Kier molecular flexibility index (Phi) is 36.7. The van der Waals surface area contributed by atoms with E-state index in [0.717, 1.165) is 22.6 Å². The van der Waals surface area contributed by atoms with Gasteiger partial charge in [0.15, 0.2) is 5.78 Å². The zero-order valence-electron chi connectivity index (χ0n) is 65.8. The summed E-state index contributed by atoms with van der Waals surface area (Å²) in [6, 6.07) is 2.16. The predicted molar refractivity (Wildman–Crippen MR) is 404 cm³/mol. The van der Waals surface area contributed by atoms with Crippen LogP contribution in [0.15, 0.2) is 84.0 Å². The number of Topliss-reactive ketones (excluding diaryl/α,β-unsaturated/α-hetero) is 3. The summed E-state index contributed by atoms with van der Waals surface area (Å²) in [4.78, 5) is 162. The second-order valence-corrected chi connectivity index (χ2v) is 30.1. The standard InChI is InChI=1S/C80H118N8O22/c1-47(2)69(86-66(90)33-36-88-67(91)31-32-68(88)92)75(97)85-59(21-18-34-82-78(81)100)74(96)84-57-27-24-55(25-28-57)45-108-79(101)83-46-106-37-38-107-62-30-26-56(42-65(62)104-11)41-51(6)64-44-61(89)50(5)40-53(8)71(94)72(105-12)70(93)52(7)39-48(3)19-14-13-15-20-49(4)63(103-10)43-58-29-23-54(9)80(102,110-58)73(95)76(98)87-35-17-16-22-60(87)77(99)109-64/h13-15,19-20,24-25,27-28,31-32,40,47-48,50-52,54,56,58-60,62-65,69,71-72,94,102H,16-18,21-23,26,29-30,33-39,41-46H2,1-12H3,(H,83,101)(H,84,96)(H,85,97)(H,86,90)(H3,81,82,100)/t48-,50-,51+,52-,54-,56-,58+,59-,60+,62-,63+,64+,65-,69-,71-,72+,80-/m1/s1. The highest BCUT2D eigenvalue weighted by Crippen LogP contribution is 2.38. The predicted octanol–water partition coefficient (Wildman–Crippen LogP) is 6.43. The molecule has 0 spiro atoms. The van der Waals surface area contributed by atoms with Crippen molar-refractivity contribution in [3.63, 3.8) is 0 Å². The monoisotopic (exact) mass is 1540 g/mol. The molecule has 2 bridgehead atoms. The Bertz CT molecular complexity index is 3470. The highest BCUT2D eigenvalue weighted by Gasteiger charge is 2.53. The van der Waals surface area contributed by atoms with Gasteiger partial charge in [0.2, 0.25) is 23.5 Å². The Hall–Kier alpha value is -8.36. The van der Waals surface area contributed by atoms with Gasteiger partial charge in [-0.2, -0.15) is 0 Å². The number of urea groups is 1. The molecule has 1 aliphatic carbocycles. The van der Waals surface area contributed by atoms with Crippen molar-refractivity contribution in [1.82, 2.24) is 31.1 Å². The van der Waals surface area contributed by atoms with Crippen LogP contribution in [0, 0.1) is 41.4 Å². The number of piperidine rings is 1. The first-order valence-electron chi connectivity index (χ1n) is 38.4. The number of nitrogens with zero attached hydrogens (tertiary/aromatic N) is 2. The topological polar surface area (TPSA) is 412 Å². The first-order chi connectivity index (χ1) is 52.3. The molecule has 6 rings (SSSR count). The van der Waals surface area contributed by atoms with E-state index >= 15 is 0 Å². The lowest BCUT2D eigenvalue weighted by atomic mass is 9.78. The van der Waals surface area contributed by atoms with Gasteiger partial charge in [0.25, 0.3) is 23.5 Å². The highest BCUT2D eigenvalue weighted by molar-refractivity contribution is 6.39. The third kappa shape index (κ3) is 27.2. The molecule has 0 aromatic heterocycles. The number of esters is 1. The minimum Gasteiger partial charge on any atom is -0.460 e. The summed E-state index contributed by atoms with van der Waals surface area (Å²) < 4.78 is 47.4. The number of carbonyl (C=O) groups excluding carboxylic acids is 12. The average Bonchev–Trinajstić information content (AvgIpc) is 1.22. The van der Waals surface area contributed by atoms with Crippen LogP contribution >= 0.6 is 0 Å². The molecule has 30 nitrogen and oxygen atoms in total. The molecule has 5 aliphatic rings. The van der Waals surface area contributed by atoms with E-state index < -0.39 is 143 Å².